The predicted molar refractivity (Wildman–Crippen MR) is 76.9 cm³/mol. The van der Waals surface area contributed by atoms with Crippen LogP contribution in [0.4, 0.5) is 5.82 Å². The van der Waals surface area contributed by atoms with Gasteiger partial charge in [-0.25, -0.2) is 4.98 Å². The maximum atomic E-state index is 11.7. The van der Waals surface area contributed by atoms with Crippen molar-refractivity contribution in [2.24, 2.45) is 0 Å². The minimum absolute atomic E-state index is 0.245. The van der Waals surface area contributed by atoms with E-state index in [9.17, 15) is 4.79 Å². The third-order valence-corrected chi connectivity index (χ3v) is 3.61. The number of rotatable bonds is 2. The minimum atomic E-state index is 0.245. The van der Waals surface area contributed by atoms with Gasteiger partial charge in [0.25, 0.3) is 0 Å². The molecule has 0 radical (unpaired) electrons. The van der Waals surface area contributed by atoms with Crippen molar-refractivity contribution < 1.29 is 4.79 Å². The van der Waals surface area contributed by atoms with Gasteiger partial charge in [-0.1, -0.05) is 24.3 Å². The van der Waals surface area contributed by atoms with Crippen LogP contribution in [0.1, 0.15) is 26.2 Å². The molecule has 1 aliphatic carbocycles. The molecule has 1 aromatic carbocycles. The fraction of sp³-hybridized carbons (Fsp3) is 0.250. The van der Waals surface area contributed by atoms with Crippen molar-refractivity contribution in [3.8, 4) is 0 Å². The molecule has 3 nitrogen and oxygen atoms in total. The molecular formula is C16H16N2O. The Morgan fingerprint density at radius 3 is 2.79 bits per heavy atom. The standard InChI is InChI=1S/C16H16N2O/c1-11-14(7-4-8-15(11)19)18-16-9-12-5-2-3-6-13(12)10-17-16/h2-3,5-6,9-10H,4,7-8H2,1H3,(H,17,18). The van der Waals surface area contributed by atoms with Gasteiger partial charge in [0, 0.05) is 29.3 Å². The van der Waals surface area contributed by atoms with E-state index in [0.29, 0.717) is 6.42 Å². The molecule has 0 fully saturated rings. The predicted octanol–water partition coefficient (Wildman–Crippen LogP) is 3.67. The second-order valence-corrected chi connectivity index (χ2v) is 4.92. The molecule has 0 spiro atoms. The second-order valence-electron chi connectivity index (χ2n) is 4.92. The molecule has 2 aromatic rings. The Morgan fingerprint density at radius 1 is 1.16 bits per heavy atom. The van der Waals surface area contributed by atoms with Crippen LogP contribution in [0.2, 0.25) is 0 Å². The van der Waals surface area contributed by atoms with Gasteiger partial charge >= 0.3 is 0 Å². The Morgan fingerprint density at radius 2 is 1.95 bits per heavy atom. The van der Waals surface area contributed by atoms with Gasteiger partial charge < -0.3 is 5.32 Å². The highest BCUT2D eigenvalue weighted by atomic mass is 16.1. The number of allylic oxidation sites excluding steroid dienone is 2. The third-order valence-electron chi connectivity index (χ3n) is 3.61. The number of Topliss-reactive ketones (excluding diaryl/α,β-unsaturated/α-hetero) is 1. The molecular weight excluding hydrogens is 236 g/mol. The molecule has 0 aliphatic heterocycles. The summed E-state index contributed by atoms with van der Waals surface area (Å²) in [5.41, 5.74) is 1.86. The molecule has 0 saturated heterocycles. The van der Waals surface area contributed by atoms with E-state index >= 15 is 0 Å². The molecule has 0 unspecified atom stereocenters. The number of benzene rings is 1. The number of carbonyl (C=O) groups is 1. The number of carbonyl (C=O) groups excluding carboxylic acids is 1. The Bertz CT molecular complexity index is 673. The number of hydrogen-bond donors (Lipinski definition) is 1. The Kier molecular flexibility index (Phi) is 3.03. The number of nitrogens with zero attached hydrogens (tertiary/aromatic N) is 1. The Hall–Kier alpha value is -2.16. The van der Waals surface area contributed by atoms with Crippen LogP contribution in [0.25, 0.3) is 10.8 Å². The lowest BCUT2D eigenvalue weighted by Crippen LogP contribution is -2.14. The maximum Gasteiger partial charge on any atom is 0.160 e. The van der Waals surface area contributed by atoms with Gasteiger partial charge in [0.05, 0.1) is 0 Å². The lowest BCUT2D eigenvalue weighted by molar-refractivity contribution is -0.116. The summed E-state index contributed by atoms with van der Waals surface area (Å²) < 4.78 is 0. The van der Waals surface area contributed by atoms with E-state index in [1.54, 1.807) is 0 Å². The van der Waals surface area contributed by atoms with Gasteiger partial charge in [0.1, 0.15) is 5.82 Å². The highest BCUT2D eigenvalue weighted by molar-refractivity contribution is 5.96. The van der Waals surface area contributed by atoms with E-state index in [4.69, 9.17) is 0 Å². The van der Waals surface area contributed by atoms with E-state index in [1.165, 1.54) is 0 Å². The fourth-order valence-corrected chi connectivity index (χ4v) is 2.43. The van der Waals surface area contributed by atoms with Crippen molar-refractivity contribution in [2.45, 2.75) is 26.2 Å². The molecule has 0 saturated carbocycles. The normalized spacial score (nSPS) is 15.9. The van der Waals surface area contributed by atoms with Crippen molar-refractivity contribution in [2.75, 3.05) is 5.32 Å². The summed E-state index contributed by atoms with van der Waals surface area (Å²) in [6.07, 6.45) is 4.37. The van der Waals surface area contributed by atoms with E-state index in [1.807, 2.05) is 37.4 Å². The first kappa shape index (κ1) is 11.9. The summed E-state index contributed by atoms with van der Waals surface area (Å²) in [5.74, 6) is 1.05. The fourth-order valence-electron chi connectivity index (χ4n) is 2.43. The van der Waals surface area contributed by atoms with Crippen molar-refractivity contribution in [1.82, 2.24) is 4.98 Å². The molecule has 1 aliphatic rings. The zero-order valence-corrected chi connectivity index (χ0v) is 10.9. The van der Waals surface area contributed by atoms with Crippen LogP contribution in [0, 0.1) is 0 Å². The van der Waals surface area contributed by atoms with E-state index < -0.39 is 0 Å². The molecule has 0 amide bonds. The minimum Gasteiger partial charge on any atom is -0.343 e. The van der Waals surface area contributed by atoms with Crippen molar-refractivity contribution in [3.05, 3.63) is 47.8 Å². The molecule has 0 atom stereocenters. The number of fused-ring (bicyclic) bond motifs is 1. The third kappa shape index (κ3) is 2.36. The van der Waals surface area contributed by atoms with Gasteiger partial charge in [-0.15, -0.1) is 0 Å². The summed E-state index contributed by atoms with van der Waals surface area (Å²) in [5, 5.41) is 5.58. The number of aromatic nitrogens is 1. The number of hydrogen-bond acceptors (Lipinski definition) is 3. The van der Waals surface area contributed by atoms with Crippen LogP contribution in [-0.2, 0) is 4.79 Å². The van der Waals surface area contributed by atoms with Gasteiger partial charge in [0.2, 0.25) is 0 Å². The Balaban J connectivity index is 1.93. The molecule has 1 aromatic heterocycles. The summed E-state index contributed by atoms with van der Waals surface area (Å²) >= 11 is 0. The summed E-state index contributed by atoms with van der Waals surface area (Å²) in [6, 6.07) is 10.1. The largest absolute Gasteiger partial charge is 0.343 e. The average Bonchev–Trinajstić information content (AvgIpc) is 2.44. The van der Waals surface area contributed by atoms with Gasteiger partial charge in [-0.2, -0.15) is 0 Å². The molecule has 3 rings (SSSR count). The van der Waals surface area contributed by atoms with E-state index in [0.717, 1.165) is 40.7 Å². The van der Waals surface area contributed by atoms with Crippen molar-refractivity contribution in [1.29, 1.82) is 0 Å². The highest BCUT2D eigenvalue weighted by Crippen LogP contribution is 2.24. The van der Waals surface area contributed by atoms with Crippen LogP contribution in [0.5, 0.6) is 0 Å². The van der Waals surface area contributed by atoms with Crippen molar-refractivity contribution >= 4 is 22.4 Å². The lowest BCUT2D eigenvalue weighted by Gasteiger charge is -2.18. The zero-order chi connectivity index (χ0) is 13.2. The summed E-state index contributed by atoms with van der Waals surface area (Å²) in [4.78, 5) is 16.1. The molecule has 96 valence electrons. The molecule has 1 N–H and O–H groups in total. The summed E-state index contributed by atoms with van der Waals surface area (Å²) in [6.45, 7) is 1.89. The van der Waals surface area contributed by atoms with E-state index in [2.05, 4.69) is 16.4 Å². The first-order valence-electron chi connectivity index (χ1n) is 6.59. The number of ketones is 1. The molecule has 0 bridgehead atoms. The maximum absolute atomic E-state index is 11.7. The van der Waals surface area contributed by atoms with Crippen LogP contribution in [-0.4, -0.2) is 10.8 Å². The average molecular weight is 252 g/mol. The van der Waals surface area contributed by atoms with E-state index in [-0.39, 0.29) is 5.78 Å². The highest BCUT2D eigenvalue weighted by Gasteiger charge is 2.16. The smallest absolute Gasteiger partial charge is 0.160 e. The van der Waals surface area contributed by atoms with Crippen molar-refractivity contribution in [3.63, 3.8) is 0 Å². The number of anilines is 1. The summed E-state index contributed by atoms with van der Waals surface area (Å²) in [7, 11) is 0. The Labute approximate surface area is 112 Å². The lowest BCUT2D eigenvalue weighted by atomic mass is 9.96. The topological polar surface area (TPSA) is 42.0 Å². The quantitative estimate of drug-likeness (QED) is 0.886. The van der Waals surface area contributed by atoms with Crippen LogP contribution >= 0.6 is 0 Å². The molecule has 1 heterocycles. The SMILES string of the molecule is CC1=C(Nc2cc3ccccc3cn2)CCCC1=O. The van der Waals surface area contributed by atoms with Crippen LogP contribution in [0.3, 0.4) is 0 Å². The first-order valence-corrected chi connectivity index (χ1v) is 6.59. The second kappa shape index (κ2) is 4.84. The molecule has 19 heavy (non-hydrogen) atoms. The van der Waals surface area contributed by atoms with Gasteiger partial charge in [-0.3, -0.25) is 4.79 Å². The zero-order valence-electron chi connectivity index (χ0n) is 10.9. The van der Waals surface area contributed by atoms with Crippen LogP contribution in [0.15, 0.2) is 47.8 Å². The van der Waals surface area contributed by atoms with Gasteiger partial charge in [0.15, 0.2) is 5.78 Å². The first-order chi connectivity index (χ1) is 9.24. The number of nitrogens with one attached hydrogen (secondary N) is 1. The van der Waals surface area contributed by atoms with Crippen LogP contribution < -0.4 is 5.32 Å². The number of pyridine rings is 1. The monoisotopic (exact) mass is 252 g/mol. The van der Waals surface area contributed by atoms with Gasteiger partial charge in [-0.05, 0) is 31.2 Å². The molecule has 3 heteroatoms.